The maximum Gasteiger partial charge on any atom is 0.255 e. The molecular formula is C24H26FN5O4. The fourth-order valence-electron chi connectivity index (χ4n) is 4.98. The number of carbonyl (C=O) groups is 3. The van der Waals surface area contributed by atoms with E-state index < -0.39 is 17.8 Å². The Hall–Kier alpha value is -3.53. The first-order valence-corrected chi connectivity index (χ1v) is 11.4. The summed E-state index contributed by atoms with van der Waals surface area (Å²) in [6.45, 7) is 3.62. The van der Waals surface area contributed by atoms with Gasteiger partial charge in [-0.05, 0) is 30.2 Å². The summed E-state index contributed by atoms with van der Waals surface area (Å²) in [6, 6.07) is 5.53. The van der Waals surface area contributed by atoms with Crippen LogP contribution in [0, 0.1) is 5.82 Å². The van der Waals surface area contributed by atoms with E-state index >= 15 is 0 Å². The molecule has 3 amide bonds. The van der Waals surface area contributed by atoms with Crippen LogP contribution >= 0.6 is 0 Å². The van der Waals surface area contributed by atoms with Crippen LogP contribution in [-0.4, -0.2) is 64.3 Å². The van der Waals surface area contributed by atoms with Gasteiger partial charge in [-0.25, -0.2) is 4.39 Å². The Bertz CT molecular complexity index is 1230. The smallest absolute Gasteiger partial charge is 0.255 e. The minimum atomic E-state index is -0.732. The number of piperazine rings is 1. The van der Waals surface area contributed by atoms with E-state index in [0.717, 1.165) is 24.2 Å². The third-order valence-corrected chi connectivity index (χ3v) is 6.89. The summed E-state index contributed by atoms with van der Waals surface area (Å²) in [5.74, 6) is -1.70. The van der Waals surface area contributed by atoms with E-state index in [0.29, 0.717) is 25.3 Å². The Morgan fingerprint density at radius 1 is 1.06 bits per heavy atom. The lowest BCUT2D eigenvalue weighted by Crippen LogP contribution is -2.52. The number of aryl methyl sites for hydroxylation is 1. The predicted octanol–water partition coefficient (Wildman–Crippen LogP) is 0.608. The molecule has 0 saturated carbocycles. The Morgan fingerprint density at radius 2 is 1.82 bits per heavy atom. The van der Waals surface area contributed by atoms with E-state index in [1.54, 1.807) is 19.3 Å². The Kier molecular flexibility index (Phi) is 5.68. The normalized spacial score (nSPS) is 21.1. The van der Waals surface area contributed by atoms with Crippen molar-refractivity contribution >= 4 is 23.4 Å². The zero-order valence-corrected chi connectivity index (χ0v) is 18.9. The Balaban J connectivity index is 1.31. The first kappa shape index (κ1) is 22.3. The zero-order chi connectivity index (χ0) is 24.0. The van der Waals surface area contributed by atoms with Crippen LogP contribution in [0.5, 0.6) is 0 Å². The van der Waals surface area contributed by atoms with Crippen molar-refractivity contribution in [2.45, 2.75) is 32.0 Å². The topological polar surface area (TPSA) is 95.0 Å². The maximum absolute atomic E-state index is 14.5. The van der Waals surface area contributed by atoms with Crippen LogP contribution in [0.1, 0.15) is 34.3 Å². The van der Waals surface area contributed by atoms with Gasteiger partial charge in [-0.1, -0.05) is 0 Å². The summed E-state index contributed by atoms with van der Waals surface area (Å²) >= 11 is 0. The van der Waals surface area contributed by atoms with Crippen LogP contribution in [0.25, 0.3) is 0 Å². The number of halogens is 1. The van der Waals surface area contributed by atoms with Crippen molar-refractivity contribution in [1.29, 1.82) is 0 Å². The summed E-state index contributed by atoms with van der Waals surface area (Å²) in [5, 5.41) is 2.29. The molecular weight excluding hydrogens is 441 g/mol. The van der Waals surface area contributed by atoms with Crippen LogP contribution in [0.3, 0.4) is 0 Å². The van der Waals surface area contributed by atoms with E-state index in [1.165, 1.54) is 21.6 Å². The molecule has 1 N–H and O–H groups in total. The number of piperidine rings is 1. The summed E-state index contributed by atoms with van der Waals surface area (Å²) in [6.07, 6.45) is 2.20. The molecule has 34 heavy (non-hydrogen) atoms. The van der Waals surface area contributed by atoms with Gasteiger partial charge >= 0.3 is 0 Å². The number of hydrogen-bond acceptors (Lipinski definition) is 6. The second-order valence-electron chi connectivity index (χ2n) is 9.10. The molecule has 1 aromatic heterocycles. The third-order valence-electron chi connectivity index (χ3n) is 6.89. The SMILES string of the molecule is Cn1ccc(CN2CCN(c3cc(F)cc4c3CN(C3CCC(=O)NC3=O)C4=O)CC2)cc1=O. The number of amides is 3. The van der Waals surface area contributed by atoms with Crippen molar-refractivity contribution in [2.24, 2.45) is 7.05 Å². The number of rotatable bonds is 4. The number of nitrogens with zero attached hydrogens (tertiary/aromatic N) is 4. The van der Waals surface area contributed by atoms with Crippen LogP contribution in [0.4, 0.5) is 10.1 Å². The standard InChI is InChI=1S/C24H26FN5O4/c1-27-5-4-15(10-22(27)32)13-28-6-8-29(9-7-28)20-12-16(25)11-17-18(20)14-30(24(17)34)19-2-3-21(31)26-23(19)33/h4-5,10-12,19H,2-3,6-9,13-14H2,1H3,(H,26,31,33). The molecule has 1 aromatic carbocycles. The fourth-order valence-corrected chi connectivity index (χ4v) is 4.98. The van der Waals surface area contributed by atoms with Gasteiger partial charge in [0.1, 0.15) is 11.9 Å². The molecule has 0 spiro atoms. The number of anilines is 1. The molecule has 178 valence electrons. The van der Waals surface area contributed by atoms with Crippen molar-refractivity contribution in [3.63, 3.8) is 0 Å². The summed E-state index contributed by atoms with van der Waals surface area (Å²) in [7, 11) is 1.72. The van der Waals surface area contributed by atoms with E-state index in [-0.39, 0.29) is 42.3 Å². The van der Waals surface area contributed by atoms with E-state index in [2.05, 4.69) is 15.1 Å². The molecule has 4 heterocycles. The van der Waals surface area contributed by atoms with Crippen LogP contribution in [0.2, 0.25) is 0 Å². The highest BCUT2D eigenvalue weighted by Gasteiger charge is 2.41. The molecule has 10 heteroatoms. The molecule has 2 aromatic rings. The van der Waals surface area contributed by atoms with Crippen LogP contribution in [-0.2, 0) is 29.7 Å². The highest BCUT2D eigenvalue weighted by Crippen LogP contribution is 2.35. The predicted molar refractivity (Wildman–Crippen MR) is 122 cm³/mol. The number of carbonyl (C=O) groups excluding carboxylic acids is 3. The molecule has 0 radical (unpaired) electrons. The number of nitrogens with one attached hydrogen (secondary N) is 1. The average Bonchev–Trinajstić information content (AvgIpc) is 3.12. The molecule has 5 rings (SSSR count). The molecule has 3 aliphatic heterocycles. The maximum atomic E-state index is 14.5. The van der Waals surface area contributed by atoms with Gasteiger partial charge < -0.3 is 14.4 Å². The van der Waals surface area contributed by atoms with Gasteiger partial charge in [-0.2, -0.15) is 0 Å². The summed E-state index contributed by atoms with van der Waals surface area (Å²) in [4.78, 5) is 54.5. The van der Waals surface area contributed by atoms with Crippen molar-refractivity contribution in [1.82, 2.24) is 19.7 Å². The number of benzene rings is 1. The van der Waals surface area contributed by atoms with Crippen molar-refractivity contribution < 1.29 is 18.8 Å². The molecule has 2 saturated heterocycles. The third kappa shape index (κ3) is 4.09. The highest BCUT2D eigenvalue weighted by molar-refractivity contribution is 6.06. The van der Waals surface area contributed by atoms with Gasteiger partial charge in [0, 0.05) is 81.8 Å². The highest BCUT2D eigenvalue weighted by atomic mass is 19.1. The monoisotopic (exact) mass is 467 g/mol. The van der Waals surface area contributed by atoms with Gasteiger partial charge in [0.25, 0.3) is 11.5 Å². The quantitative estimate of drug-likeness (QED) is 0.663. The molecule has 1 unspecified atom stereocenters. The second kappa shape index (κ2) is 8.68. The number of pyridine rings is 1. The van der Waals surface area contributed by atoms with E-state index in [1.807, 2.05) is 6.07 Å². The number of imide groups is 1. The Labute approximate surface area is 195 Å². The number of aromatic nitrogens is 1. The Morgan fingerprint density at radius 3 is 2.53 bits per heavy atom. The minimum absolute atomic E-state index is 0.0447. The minimum Gasteiger partial charge on any atom is -0.369 e. The number of fused-ring (bicyclic) bond motifs is 1. The molecule has 1 atom stereocenters. The lowest BCUT2D eigenvalue weighted by atomic mass is 10.0. The largest absolute Gasteiger partial charge is 0.369 e. The average molecular weight is 468 g/mol. The number of hydrogen-bond donors (Lipinski definition) is 1. The van der Waals surface area contributed by atoms with Crippen molar-refractivity contribution in [2.75, 3.05) is 31.1 Å². The van der Waals surface area contributed by atoms with E-state index in [9.17, 15) is 23.6 Å². The first-order valence-electron chi connectivity index (χ1n) is 11.4. The summed E-state index contributed by atoms with van der Waals surface area (Å²) < 4.78 is 16.1. The zero-order valence-electron chi connectivity index (χ0n) is 18.9. The van der Waals surface area contributed by atoms with Gasteiger partial charge in [-0.3, -0.25) is 29.4 Å². The molecule has 9 nitrogen and oxygen atoms in total. The molecule has 0 aliphatic carbocycles. The van der Waals surface area contributed by atoms with Gasteiger partial charge in [0.2, 0.25) is 11.8 Å². The van der Waals surface area contributed by atoms with Crippen molar-refractivity contribution in [3.8, 4) is 0 Å². The second-order valence-corrected chi connectivity index (χ2v) is 9.10. The van der Waals surface area contributed by atoms with Gasteiger partial charge in [0.05, 0.1) is 0 Å². The van der Waals surface area contributed by atoms with Crippen LogP contribution < -0.4 is 15.8 Å². The first-order chi connectivity index (χ1) is 16.3. The van der Waals surface area contributed by atoms with Crippen molar-refractivity contribution in [3.05, 3.63) is 63.3 Å². The lowest BCUT2D eigenvalue weighted by Gasteiger charge is -2.37. The molecule has 2 fully saturated rings. The summed E-state index contributed by atoms with van der Waals surface area (Å²) in [5.41, 5.74) is 2.58. The van der Waals surface area contributed by atoms with Gasteiger partial charge in [-0.15, -0.1) is 0 Å². The van der Waals surface area contributed by atoms with Crippen LogP contribution in [0.15, 0.2) is 35.3 Å². The van der Waals surface area contributed by atoms with E-state index in [4.69, 9.17) is 0 Å². The fraction of sp³-hybridized carbons (Fsp3) is 0.417. The van der Waals surface area contributed by atoms with Gasteiger partial charge in [0.15, 0.2) is 0 Å². The lowest BCUT2D eigenvalue weighted by molar-refractivity contribution is -0.136. The molecule has 3 aliphatic rings. The molecule has 0 bridgehead atoms.